The Labute approximate surface area is 54.0 Å². The van der Waals surface area contributed by atoms with E-state index in [0.717, 1.165) is 13.0 Å². The summed E-state index contributed by atoms with van der Waals surface area (Å²) in [4.78, 5) is 0. The van der Waals surface area contributed by atoms with Crippen LogP contribution in [0.15, 0.2) is 0 Å². The maximum absolute atomic E-state index is 8.90. The Morgan fingerprint density at radius 1 is 1.78 bits per heavy atom. The van der Waals surface area contributed by atoms with Gasteiger partial charge in [-0.1, -0.05) is 0 Å². The van der Waals surface area contributed by atoms with Gasteiger partial charge in [0.2, 0.25) is 0 Å². The summed E-state index contributed by atoms with van der Waals surface area (Å²) >= 11 is 0. The molecule has 0 aromatic heterocycles. The van der Waals surface area contributed by atoms with E-state index in [-0.39, 0.29) is 12.1 Å². The van der Waals surface area contributed by atoms with Gasteiger partial charge in [0.25, 0.3) is 0 Å². The highest BCUT2D eigenvalue weighted by Gasteiger charge is 2.45. The van der Waals surface area contributed by atoms with Crippen LogP contribution < -0.4 is 5.32 Å². The van der Waals surface area contributed by atoms with Crippen molar-refractivity contribution < 1.29 is 9.84 Å². The van der Waals surface area contributed by atoms with Crippen molar-refractivity contribution in [3.05, 3.63) is 0 Å². The van der Waals surface area contributed by atoms with Crippen molar-refractivity contribution in [2.45, 2.75) is 18.1 Å². The van der Waals surface area contributed by atoms with Gasteiger partial charge in [-0.05, 0) is 6.42 Å². The quantitative estimate of drug-likeness (QED) is 0.482. The Morgan fingerprint density at radius 3 is 2.89 bits per heavy atom. The largest absolute Gasteiger partial charge is 0.394 e. The summed E-state index contributed by atoms with van der Waals surface area (Å²) < 4.78 is 5.32. The molecule has 0 radical (unpaired) electrons. The average molecular weight is 129 g/mol. The van der Waals surface area contributed by atoms with Gasteiger partial charge in [0, 0.05) is 6.54 Å². The van der Waals surface area contributed by atoms with Crippen LogP contribution in [0.2, 0.25) is 0 Å². The number of nitrogens with one attached hydrogen (secondary N) is 1. The highest BCUT2D eigenvalue weighted by atomic mass is 16.5. The molecule has 3 heteroatoms. The molecule has 2 fully saturated rings. The van der Waals surface area contributed by atoms with Crippen molar-refractivity contribution in [2.75, 3.05) is 19.8 Å². The van der Waals surface area contributed by atoms with E-state index in [9.17, 15) is 0 Å². The second-order valence-electron chi connectivity index (χ2n) is 2.96. The summed E-state index contributed by atoms with van der Waals surface area (Å²) in [6.07, 6.45) is 1.36. The Kier molecular flexibility index (Phi) is 1.06. The van der Waals surface area contributed by atoms with Crippen molar-refractivity contribution in [3.63, 3.8) is 0 Å². The third kappa shape index (κ3) is 0.689. The first-order valence-corrected chi connectivity index (χ1v) is 3.32. The molecule has 2 aliphatic heterocycles. The molecule has 0 saturated carbocycles. The fourth-order valence-electron chi connectivity index (χ4n) is 1.58. The lowest BCUT2D eigenvalue weighted by molar-refractivity contribution is 0.0523. The monoisotopic (exact) mass is 129 g/mol. The van der Waals surface area contributed by atoms with Crippen molar-refractivity contribution >= 4 is 0 Å². The van der Waals surface area contributed by atoms with Gasteiger partial charge in [-0.15, -0.1) is 0 Å². The van der Waals surface area contributed by atoms with Gasteiger partial charge in [0.15, 0.2) is 0 Å². The zero-order valence-electron chi connectivity index (χ0n) is 5.26. The SMILES string of the molecule is OC[C@]12COC(CN1)C2. The zero-order chi connectivity index (χ0) is 6.32. The van der Waals surface area contributed by atoms with Gasteiger partial charge >= 0.3 is 0 Å². The van der Waals surface area contributed by atoms with Crippen molar-refractivity contribution in [2.24, 2.45) is 0 Å². The van der Waals surface area contributed by atoms with Crippen LogP contribution in [0.1, 0.15) is 6.42 Å². The maximum Gasteiger partial charge on any atom is 0.0719 e. The van der Waals surface area contributed by atoms with E-state index in [2.05, 4.69) is 5.32 Å². The van der Waals surface area contributed by atoms with Crippen LogP contribution >= 0.6 is 0 Å². The predicted octanol–water partition coefficient (Wildman–Crippen LogP) is -0.890. The Morgan fingerprint density at radius 2 is 2.67 bits per heavy atom. The highest BCUT2D eigenvalue weighted by Crippen LogP contribution is 2.28. The van der Waals surface area contributed by atoms with Crippen LogP contribution in [-0.4, -0.2) is 36.5 Å². The number of aliphatic hydroxyl groups is 1. The van der Waals surface area contributed by atoms with Crippen LogP contribution in [0, 0.1) is 0 Å². The lowest BCUT2D eigenvalue weighted by Gasteiger charge is -2.23. The molecule has 0 aromatic carbocycles. The minimum absolute atomic E-state index is 0.0648. The highest BCUT2D eigenvalue weighted by molar-refractivity contribution is 5.02. The number of fused-ring (bicyclic) bond motifs is 2. The molecule has 0 spiro atoms. The van der Waals surface area contributed by atoms with Gasteiger partial charge in [-0.25, -0.2) is 0 Å². The fourth-order valence-corrected chi connectivity index (χ4v) is 1.58. The molecule has 2 rings (SSSR count). The molecule has 2 saturated heterocycles. The van der Waals surface area contributed by atoms with Crippen LogP contribution in [0.4, 0.5) is 0 Å². The maximum atomic E-state index is 8.90. The molecule has 0 aliphatic carbocycles. The molecule has 2 bridgehead atoms. The molecule has 52 valence electrons. The summed E-state index contributed by atoms with van der Waals surface area (Å²) in [7, 11) is 0. The van der Waals surface area contributed by atoms with Crippen LogP contribution in [0.25, 0.3) is 0 Å². The summed E-state index contributed by atoms with van der Waals surface area (Å²) in [5.74, 6) is 0. The van der Waals surface area contributed by atoms with E-state index in [1.807, 2.05) is 0 Å². The summed E-state index contributed by atoms with van der Waals surface area (Å²) in [6.45, 7) is 1.82. The van der Waals surface area contributed by atoms with E-state index < -0.39 is 0 Å². The minimum atomic E-state index is -0.0648. The Balaban J connectivity index is 2.13. The molecule has 2 N–H and O–H groups in total. The molecule has 0 amide bonds. The van der Waals surface area contributed by atoms with E-state index >= 15 is 0 Å². The zero-order valence-corrected chi connectivity index (χ0v) is 5.26. The van der Waals surface area contributed by atoms with E-state index in [1.54, 1.807) is 0 Å². The third-order valence-electron chi connectivity index (χ3n) is 2.22. The van der Waals surface area contributed by atoms with Gasteiger partial charge in [-0.2, -0.15) is 0 Å². The predicted molar refractivity (Wildman–Crippen MR) is 32.2 cm³/mol. The molecular weight excluding hydrogens is 118 g/mol. The second-order valence-corrected chi connectivity index (χ2v) is 2.96. The topological polar surface area (TPSA) is 41.5 Å². The first-order chi connectivity index (χ1) is 4.35. The lowest BCUT2D eigenvalue weighted by Crippen LogP contribution is -2.47. The second kappa shape index (κ2) is 1.68. The number of hydrogen-bond acceptors (Lipinski definition) is 3. The number of aliphatic hydroxyl groups excluding tert-OH is 1. The third-order valence-corrected chi connectivity index (χ3v) is 2.22. The smallest absolute Gasteiger partial charge is 0.0719 e. The van der Waals surface area contributed by atoms with Gasteiger partial charge in [0.05, 0.1) is 24.9 Å². The van der Waals surface area contributed by atoms with Crippen LogP contribution in [0.3, 0.4) is 0 Å². The number of ether oxygens (including phenoxy) is 1. The number of hydrogen-bond donors (Lipinski definition) is 2. The number of rotatable bonds is 1. The van der Waals surface area contributed by atoms with E-state index in [4.69, 9.17) is 9.84 Å². The average Bonchev–Trinajstić information content (AvgIpc) is 2.46. The summed E-state index contributed by atoms with van der Waals surface area (Å²) in [6, 6.07) is 0. The molecule has 2 heterocycles. The Hall–Kier alpha value is -0.120. The van der Waals surface area contributed by atoms with Crippen molar-refractivity contribution in [1.82, 2.24) is 5.32 Å². The fraction of sp³-hybridized carbons (Fsp3) is 1.00. The first kappa shape index (κ1) is 5.65. The van der Waals surface area contributed by atoms with E-state index in [1.165, 1.54) is 0 Å². The normalized spacial score (nSPS) is 48.3. The van der Waals surface area contributed by atoms with E-state index in [0.29, 0.717) is 12.7 Å². The first-order valence-electron chi connectivity index (χ1n) is 3.32. The molecule has 2 aliphatic rings. The molecule has 2 atom stereocenters. The molecule has 1 unspecified atom stereocenters. The van der Waals surface area contributed by atoms with Crippen LogP contribution in [-0.2, 0) is 4.74 Å². The molecular formula is C6H11NO2. The van der Waals surface area contributed by atoms with Crippen LogP contribution in [0.5, 0.6) is 0 Å². The summed E-state index contributed by atoms with van der Waals surface area (Å²) in [5, 5.41) is 12.1. The molecule has 9 heavy (non-hydrogen) atoms. The Bertz CT molecular complexity index is 118. The minimum Gasteiger partial charge on any atom is -0.394 e. The standard InChI is InChI=1S/C6H11NO2/c8-3-6-1-5(2-7-6)9-4-6/h5,7-8H,1-4H2/t5?,6-/m1/s1. The number of morpholine rings is 1. The molecule has 3 nitrogen and oxygen atoms in total. The van der Waals surface area contributed by atoms with Gasteiger partial charge in [-0.3, -0.25) is 0 Å². The van der Waals surface area contributed by atoms with Crippen molar-refractivity contribution in [1.29, 1.82) is 0 Å². The molecule has 0 aromatic rings. The van der Waals surface area contributed by atoms with Gasteiger partial charge < -0.3 is 15.2 Å². The lowest BCUT2D eigenvalue weighted by atomic mass is 10.0. The van der Waals surface area contributed by atoms with Gasteiger partial charge in [0.1, 0.15) is 0 Å². The van der Waals surface area contributed by atoms with Crippen molar-refractivity contribution in [3.8, 4) is 0 Å². The summed E-state index contributed by atoms with van der Waals surface area (Å²) in [5.41, 5.74) is -0.0648.